The van der Waals surface area contributed by atoms with E-state index in [1.165, 1.54) is 6.42 Å². The molecule has 0 radical (unpaired) electrons. The lowest BCUT2D eigenvalue weighted by molar-refractivity contribution is -0.142. The van der Waals surface area contributed by atoms with Crippen LogP contribution in [0.2, 0.25) is 5.02 Å². The molecule has 1 aromatic rings. The average Bonchev–Trinajstić information content (AvgIpc) is 2.48. The van der Waals surface area contributed by atoms with Gasteiger partial charge in [0.15, 0.2) is 0 Å². The number of benzene rings is 1. The molecule has 0 unspecified atom stereocenters. The van der Waals surface area contributed by atoms with E-state index >= 15 is 0 Å². The Morgan fingerprint density at radius 1 is 1.27 bits per heavy atom. The van der Waals surface area contributed by atoms with Crippen molar-refractivity contribution in [2.24, 2.45) is 0 Å². The highest BCUT2D eigenvalue weighted by Gasteiger charge is 2.18. The zero-order valence-corrected chi connectivity index (χ0v) is 13.6. The van der Waals surface area contributed by atoms with E-state index < -0.39 is 0 Å². The summed E-state index contributed by atoms with van der Waals surface area (Å²) in [6.07, 6.45) is 5.80. The number of nitrogens with one attached hydrogen (secondary N) is 1. The van der Waals surface area contributed by atoms with Crippen molar-refractivity contribution in [3.63, 3.8) is 0 Å². The third-order valence-corrected chi connectivity index (χ3v) is 4.19. The quantitative estimate of drug-likeness (QED) is 0.844. The molecule has 0 saturated heterocycles. The fourth-order valence-corrected chi connectivity index (χ4v) is 3.03. The molecule has 1 aromatic carbocycles. The Morgan fingerprint density at radius 3 is 2.64 bits per heavy atom. The van der Waals surface area contributed by atoms with Gasteiger partial charge in [0.05, 0.1) is 23.6 Å². The number of esters is 1. The summed E-state index contributed by atoms with van der Waals surface area (Å²) < 4.78 is 4.90. The smallest absolute Gasteiger partial charge is 0.310 e. The highest BCUT2D eigenvalue weighted by Crippen LogP contribution is 2.21. The van der Waals surface area contributed by atoms with Gasteiger partial charge in [-0.05, 0) is 37.5 Å². The molecule has 0 atom stereocenters. The van der Waals surface area contributed by atoms with Crippen LogP contribution in [0.15, 0.2) is 18.2 Å². The molecule has 1 saturated carbocycles. The van der Waals surface area contributed by atoms with Gasteiger partial charge in [0.2, 0.25) is 0 Å². The van der Waals surface area contributed by atoms with Crippen molar-refractivity contribution < 1.29 is 14.3 Å². The third kappa shape index (κ3) is 4.73. The van der Waals surface area contributed by atoms with Gasteiger partial charge in [-0.25, -0.2) is 0 Å². The SMILES string of the molecule is CCOC(=O)Cc1ccc(C(=O)NC2CCCCC2)c(Cl)c1. The van der Waals surface area contributed by atoms with Crippen LogP contribution < -0.4 is 5.32 Å². The van der Waals surface area contributed by atoms with Gasteiger partial charge in [-0.2, -0.15) is 0 Å². The molecular weight excluding hydrogens is 302 g/mol. The first kappa shape index (κ1) is 16.8. The van der Waals surface area contributed by atoms with E-state index in [9.17, 15) is 9.59 Å². The molecular formula is C17H22ClNO3. The Kier molecular flexibility index (Phi) is 6.25. The second-order valence-corrected chi connectivity index (χ2v) is 6.01. The van der Waals surface area contributed by atoms with Crippen LogP contribution in [0.3, 0.4) is 0 Å². The first-order valence-electron chi connectivity index (χ1n) is 7.85. The second-order valence-electron chi connectivity index (χ2n) is 5.60. The summed E-state index contributed by atoms with van der Waals surface area (Å²) in [6, 6.07) is 5.33. The first-order valence-corrected chi connectivity index (χ1v) is 8.23. The van der Waals surface area contributed by atoms with Crippen LogP contribution in [0.1, 0.15) is 54.9 Å². The minimum absolute atomic E-state index is 0.139. The molecule has 0 heterocycles. The molecule has 5 heteroatoms. The maximum Gasteiger partial charge on any atom is 0.310 e. The molecule has 0 aromatic heterocycles. The Morgan fingerprint density at radius 2 is 2.00 bits per heavy atom. The standard InChI is InChI=1S/C17H22ClNO3/c1-2-22-16(20)11-12-8-9-14(15(18)10-12)17(21)19-13-6-4-3-5-7-13/h8-10,13H,2-7,11H2,1H3,(H,19,21). The van der Waals surface area contributed by atoms with Gasteiger partial charge in [0.25, 0.3) is 5.91 Å². The third-order valence-electron chi connectivity index (χ3n) is 3.87. The molecule has 0 spiro atoms. The fraction of sp³-hybridized carbons (Fsp3) is 0.529. The van der Waals surface area contributed by atoms with Gasteiger partial charge in [-0.3, -0.25) is 9.59 Å². The lowest BCUT2D eigenvalue weighted by atomic mass is 9.95. The molecule has 1 amide bonds. The maximum absolute atomic E-state index is 12.3. The first-order chi connectivity index (χ1) is 10.6. The summed E-state index contributed by atoms with van der Waals surface area (Å²) in [5.41, 5.74) is 1.21. The topological polar surface area (TPSA) is 55.4 Å². The predicted octanol–water partition coefficient (Wildman–Crippen LogP) is 3.51. The molecule has 1 fully saturated rings. The normalized spacial score (nSPS) is 15.4. The van der Waals surface area contributed by atoms with Gasteiger partial charge in [-0.15, -0.1) is 0 Å². The summed E-state index contributed by atoms with van der Waals surface area (Å²) in [6.45, 7) is 2.12. The van der Waals surface area contributed by atoms with Gasteiger partial charge in [-0.1, -0.05) is 36.9 Å². The maximum atomic E-state index is 12.3. The monoisotopic (exact) mass is 323 g/mol. The van der Waals surface area contributed by atoms with E-state index in [2.05, 4.69) is 5.32 Å². The van der Waals surface area contributed by atoms with Crippen LogP contribution in [0.25, 0.3) is 0 Å². The highest BCUT2D eigenvalue weighted by atomic mass is 35.5. The number of hydrogen-bond donors (Lipinski definition) is 1. The average molecular weight is 324 g/mol. The van der Waals surface area contributed by atoms with E-state index in [-0.39, 0.29) is 24.3 Å². The summed E-state index contributed by atoms with van der Waals surface area (Å²) in [5.74, 6) is -0.433. The van der Waals surface area contributed by atoms with Gasteiger partial charge in [0, 0.05) is 6.04 Å². The van der Waals surface area contributed by atoms with Crippen LogP contribution in [0, 0.1) is 0 Å². The summed E-state index contributed by atoms with van der Waals surface area (Å²) >= 11 is 6.19. The number of ether oxygens (including phenoxy) is 1. The van der Waals surface area contributed by atoms with Crippen LogP contribution >= 0.6 is 11.6 Å². The second kappa shape index (κ2) is 8.18. The predicted molar refractivity (Wildman–Crippen MR) is 86.1 cm³/mol. The zero-order valence-electron chi connectivity index (χ0n) is 12.9. The van der Waals surface area contributed by atoms with E-state index in [0.29, 0.717) is 17.2 Å². The molecule has 120 valence electrons. The molecule has 1 aliphatic rings. The minimum atomic E-state index is -0.294. The number of hydrogen-bond acceptors (Lipinski definition) is 3. The van der Waals surface area contributed by atoms with E-state index in [4.69, 9.17) is 16.3 Å². The van der Waals surface area contributed by atoms with Crippen molar-refractivity contribution in [3.05, 3.63) is 34.3 Å². The lowest BCUT2D eigenvalue weighted by Crippen LogP contribution is -2.36. The van der Waals surface area contributed by atoms with Crippen molar-refractivity contribution in [1.82, 2.24) is 5.32 Å². The van der Waals surface area contributed by atoms with Gasteiger partial charge in [0.1, 0.15) is 0 Å². The molecule has 2 rings (SSSR count). The summed E-state index contributed by atoms with van der Waals surface area (Å²) in [5, 5.41) is 3.41. The largest absolute Gasteiger partial charge is 0.466 e. The minimum Gasteiger partial charge on any atom is -0.466 e. The molecule has 0 bridgehead atoms. The van der Waals surface area contributed by atoms with Crippen LogP contribution in [-0.4, -0.2) is 24.5 Å². The number of halogens is 1. The highest BCUT2D eigenvalue weighted by molar-refractivity contribution is 6.33. The molecule has 1 N–H and O–H groups in total. The summed E-state index contributed by atoms with van der Waals surface area (Å²) in [4.78, 5) is 23.7. The van der Waals surface area contributed by atoms with E-state index in [1.807, 2.05) is 0 Å². The molecule has 22 heavy (non-hydrogen) atoms. The van der Waals surface area contributed by atoms with Crippen molar-refractivity contribution in [2.75, 3.05) is 6.61 Å². The van der Waals surface area contributed by atoms with Crippen molar-refractivity contribution in [1.29, 1.82) is 0 Å². The Bertz CT molecular complexity index is 539. The van der Waals surface area contributed by atoms with Crippen molar-refractivity contribution in [2.45, 2.75) is 51.5 Å². The molecule has 0 aliphatic heterocycles. The Labute approximate surface area is 136 Å². The zero-order chi connectivity index (χ0) is 15.9. The number of rotatable bonds is 5. The van der Waals surface area contributed by atoms with Crippen molar-refractivity contribution in [3.8, 4) is 0 Å². The molecule has 4 nitrogen and oxygen atoms in total. The van der Waals surface area contributed by atoms with E-state index in [0.717, 1.165) is 31.2 Å². The van der Waals surface area contributed by atoms with Crippen LogP contribution in [0.4, 0.5) is 0 Å². The number of amides is 1. The Hall–Kier alpha value is -1.55. The Balaban J connectivity index is 1.99. The number of carbonyl (C=O) groups is 2. The lowest BCUT2D eigenvalue weighted by Gasteiger charge is -2.23. The summed E-state index contributed by atoms with van der Waals surface area (Å²) in [7, 11) is 0. The van der Waals surface area contributed by atoms with Crippen LogP contribution in [-0.2, 0) is 16.0 Å². The fourth-order valence-electron chi connectivity index (χ4n) is 2.74. The van der Waals surface area contributed by atoms with Crippen molar-refractivity contribution >= 4 is 23.5 Å². The molecule has 1 aliphatic carbocycles. The van der Waals surface area contributed by atoms with Gasteiger partial charge >= 0.3 is 5.97 Å². The van der Waals surface area contributed by atoms with Crippen LogP contribution in [0.5, 0.6) is 0 Å². The van der Waals surface area contributed by atoms with E-state index in [1.54, 1.807) is 25.1 Å². The number of carbonyl (C=O) groups excluding carboxylic acids is 2. The van der Waals surface area contributed by atoms with Gasteiger partial charge < -0.3 is 10.1 Å².